The molecule has 2 aromatic carbocycles. The molecule has 0 aliphatic rings. The summed E-state index contributed by atoms with van der Waals surface area (Å²) in [5.41, 5.74) is 5.28. The second-order valence-corrected chi connectivity index (χ2v) is 6.91. The summed E-state index contributed by atoms with van der Waals surface area (Å²) >= 11 is 19.2. The fourth-order valence-corrected chi connectivity index (χ4v) is 3.38. The summed E-state index contributed by atoms with van der Waals surface area (Å²) in [7, 11) is 0. The van der Waals surface area contributed by atoms with Crippen molar-refractivity contribution >= 4 is 34.8 Å². The van der Waals surface area contributed by atoms with Gasteiger partial charge in [-0.2, -0.15) is 0 Å². The molecule has 0 aliphatic heterocycles. The molecule has 0 N–H and O–H groups in total. The normalized spacial score (nSPS) is 10.8. The van der Waals surface area contributed by atoms with Gasteiger partial charge in [0.2, 0.25) is 0 Å². The molecule has 122 valence electrons. The zero-order valence-corrected chi connectivity index (χ0v) is 15.5. The second kappa shape index (κ2) is 7.57. The average molecular weight is 377 g/mol. The van der Waals surface area contributed by atoms with Crippen LogP contribution in [0.2, 0.25) is 15.1 Å². The van der Waals surface area contributed by atoms with Gasteiger partial charge in [0.15, 0.2) is 0 Å². The van der Waals surface area contributed by atoms with E-state index >= 15 is 0 Å². The third-order valence-corrected chi connectivity index (χ3v) is 5.50. The second-order valence-electron chi connectivity index (χ2n) is 5.74. The Kier molecular flexibility index (Phi) is 5.45. The van der Waals surface area contributed by atoms with Crippen molar-refractivity contribution in [3.8, 4) is 0 Å². The molecule has 3 rings (SSSR count). The first-order valence-electron chi connectivity index (χ1n) is 7.65. The van der Waals surface area contributed by atoms with Gasteiger partial charge in [-0.25, -0.2) is 0 Å². The van der Waals surface area contributed by atoms with E-state index in [1.54, 1.807) is 12.4 Å². The van der Waals surface area contributed by atoms with E-state index in [0.717, 1.165) is 33.7 Å². The Morgan fingerprint density at radius 2 is 1.38 bits per heavy atom. The van der Waals surface area contributed by atoms with E-state index in [2.05, 4.69) is 11.1 Å². The largest absolute Gasteiger partial charge is 0.265 e. The average Bonchev–Trinajstić information content (AvgIpc) is 2.59. The summed E-state index contributed by atoms with van der Waals surface area (Å²) in [6.07, 6.45) is 5.05. The molecule has 0 fully saturated rings. The first-order valence-corrected chi connectivity index (χ1v) is 8.78. The molecule has 24 heavy (non-hydrogen) atoms. The van der Waals surface area contributed by atoms with E-state index in [1.165, 1.54) is 5.56 Å². The lowest BCUT2D eigenvalue weighted by Crippen LogP contribution is -1.97. The van der Waals surface area contributed by atoms with Crippen molar-refractivity contribution in [2.75, 3.05) is 0 Å². The van der Waals surface area contributed by atoms with Gasteiger partial charge in [-0.1, -0.05) is 59.1 Å². The Hall–Kier alpha value is -1.54. The number of pyridine rings is 1. The van der Waals surface area contributed by atoms with Crippen molar-refractivity contribution in [2.24, 2.45) is 0 Å². The van der Waals surface area contributed by atoms with Crippen LogP contribution in [0.15, 0.2) is 54.9 Å². The molecule has 0 unspecified atom stereocenters. The Morgan fingerprint density at radius 1 is 0.750 bits per heavy atom. The summed E-state index contributed by atoms with van der Waals surface area (Å²) in [5, 5.41) is 2.18. The number of benzene rings is 2. The van der Waals surface area contributed by atoms with Crippen molar-refractivity contribution in [2.45, 2.75) is 19.8 Å². The van der Waals surface area contributed by atoms with Crippen LogP contribution in [-0.2, 0) is 12.8 Å². The van der Waals surface area contributed by atoms with Crippen LogP contribution in [0, 0.1) is 6.92 Å². The van der Waals surface area contributed by atoms with Crippen molar-refractivity contribution < 1.29 is 0 Å². The van der Waals surface area contributed by atoms with Crippen LogP contribution in [0.5, 0.6) is 0 Å². The van der Waals surface area contributed by atoms with E-state index in [-0.39, 0.29) is 0 Å². The van der Waals surface area contributed by atoms with Crippen LogP contribution in [0.4, 0.5) is 0 Å². The van der Waals surface area contributed by atoms with Gasteiger partial charge in [0.1, 0.15) is 0 Å². The van der Waals surface area contributed by atoms with Crippen LogP contribution in [-0.4, -0.2) is 4.98 Å². The van der Waals surface area contributed by atoms with Crippen LogP contribution in [0.1, 0.15) is 27.8 Å². The smallest absolute Gasteiger partial charge is 0.0485 e. The lowest BCUT2D eigenvalue weighted by Gasteiger charge is -2.12. The first-order chi connectivity index (χ1) is 11.6. The fourth-order valence-electron chi connectivity index (χ4n) is 2.69. The highest BCUT2D eigenvalue weighted by molar-refractivity contribution is 6.36. The van der Waals surface area contributed by atoms with Gasteiger partial charge < -0.3 is 0 Å². The molecule has 1 heterocycles. The van der Waals surface area contributed by atoms with Crippen molar-refractivity contribution in [3.63, 3.8) is 0 Å². The van der Waals surface area contributed by atoms with Gasteiger partial charge in [-0.15, -0.1) is 0 Å². The molecule has 0 amide bonds. The Bertz CT molecular complexity index is 860. The molecule has 0 saturated heterocycles. The van der Waals surface area contributed by atoms with Gasteiger partial charge in [-0.05, 0) is 59.4 Å². The van der Waals surface area contributed by atoms with Crippen molar-refractivity contribution in [1.82, 2.24) is 4.98 Å². The number of aromatic nitrogens is 1. The predicted molar refractivity (Wildman–Crippen MR) is 103 cm³/mol. The number of hydrogen-bond acceptors (Lipinski definition) is 1. The maximum Gasteiger partial charge on any atom is 0.0485 e. The molecule has 4 heteroatoms. The lowest BCUT2D eigenvalue weighted by atomic mass is 9.98. The number of nitrogens with zero attached hydrogens (tertiary/aromatic N) is 1. The maximum atomic E-state index is 6.65. The maximum absolute atomic E-state index is 6.65. The van der Waals surface area contributed by atoms with Crippen molar-refractivity contribution in [3.05, 3.63) is 97.7 Å². The third-order valence-electron chi connectivity index (χ3n) is 4.08. The predicted octanol–water partition coefficient (Wildman–Crippen LogP) is 6.53. The molecule has 3 aromatic rings. The first kappa shape index (κ1) is 17.3. The molecule has 0 atom stereocenters. The summed E-state index contributed by atoms with van der Waals surface area (Å²) in [5.74, 6) is 0. The summed E-state index contributed by atoms with van der Waals surface area (Å²) < 4.78 is 0. The monoisotopic (exact) mass is 375 g/mol. The van der Waals surface area contributed by atoms with Crippen LogP contribution in [0.25, 0.3) is 0 Å². The van der Waals surface area contributed by atoms with Gasteiger partial charge >= 0.3 is 0 Å². The minimum absolute atomic E-state index is 0.680. The number of rotatable bonds is 4. The summed E-state index contributed by atoms with van der Waals surface area (Å²) in [6, 6.07) is 14.0. The zero-order chi connectivity index (χ0) is 17.1. The molecular weight excluding hydrogens is 361 g/mol. The van der Waals surface area contributed by atoms with Crippen LogP contribution in [0.3, 0.4) is 0 Å². The highest BCUT2D eigenvalue weighted by Crippen LogP contribution is 2.31. The van der Waals surface area contributed by atoms with Crippen LogP contribution < -0.4 is 0 Å². The number of hydrogen-bond donors (Lipinski definition) is 0. The fraction of sp³-hybridized carbons (Fsp3) is 0.150. The number of halogens is 3. The molecule has 0 saturated carbocycles. The highest BCUT2D eigenvalue weighted by atomic mass is 35.5. The highest BCUT2D eigenvalue weighted by Gasteiger charge is 2.12. The van der Waals surface area contributed by atoms with E-state index < -0.39 is 0 Å². The molecule has 0 aliphatic carbocycles. The molecule has 0 spiro atoms. The molecular formula is C20H16Cl3N. The van der Waals surface area contributed by atoms with E-state index in [9.17, 15) is 0 Å². The standard InChI is InChI=1S/C20H16Cl3N/c1-13-18(21)6-5-17(19(13)22)12-16-4-2-3-15(20(16)23)11-14-7-9-24-10-8-14/h2-10H,11-12H2,1H3. The van der Waals surface area contributed by atoms with Gasteiger partial charge in [0.05, 0.1) is 0 Å². The van der Waals surface area contributed by atoms with E-state index in [0.29, 0.717) is 16.5 Å². The topological polar surface area (TPSA) is 12.9 Å². The lowest BCUT2D eigenvalue weighted by molar-refractivity contribution is 1.12. The molecule has 0 bridgehead atoms. The summed E-state index contributed by atoms with van der Waals surface area (Å²) in [6.45, 7) is 1.93. The van der Waals surface area contributed by atoms with Gasteiger partial charge in [0.25, 0.3) is 0 Å². The minimum Gasteiger partial charge on any atom is -0.265 e. The third kappa shape index (κ3) is 3.75. The molecule has 1 nitrogen and oxygen atoms in total. The quantitative estimate of drug-likeness (QED) is 0.504. The Balaban J connectivity index is 1.90. The van der Waals surface area contributed by atoms with Gasteiger partial charge in [0, 0.05) is 33.9 Å². The summed E-state index contributed by atoms with van der Waals surface area (Å²) in [4.78, 5) is 4.05. The van der Waals surface area contributed by atoms with E-state index in [1.807, 2.05) is 43.3 Å². The minimum atomic E-state index is 0.680. The van der Waals surface area contributed by atoms with Gasteiger partial charge in [-0.3, -0.25) is 4.98 Å². The molecule has 0 radical (unpaired) electrons. The van der Waals surface area contributed by atoms with E-state index in [4.69, 9.17) is 34.8 Å². The SMILES string of the molecule is Cc1c(Cl)ccc(Cc2cccc(Cc3ccncc3)c2Cl)c1Cl. The molecule has 1 aromatic heterocycles. The van der Waals surface area contributed by atoms with Crippen LogP contribution >= 0.6 is 34.8 Å². The van der Waals surface area contributed by atoms with Crippen molar-refractivity contribution in [1.29, 1.82) is 0 Å². The Labute approximate surface area is 157 Å². The Morgan fingerprint density at radius 3 is 2.08 bits per heavy atom. The zero-order valence-electron chi connectivity index (χ0n) is 13.2.